The van der Waals surface area contributed by atoms with E-state index in [2.05, 4.69) is 20.6 Å². The number of nitrogen functional groups attached to an aromatic ring is 1. The molecule has 0 unspecified atom stereocenters. The van der Waals surface area contributed by atoms with Gasteiger partial charge >= 0.3 is 5.97 Å². The van der Waals surface area contributed by atoms with Crippen LogP contribution in [0.2, 0.25) is 0 Å². The highest BCUT2D eigenvalue weighted by molar-refractivity contribution is 5.98. The van der Waals surface area contributed by atoms with E-state index in [0.29, 0.717) is 95.0 Å². The van der Waals surface area contributed by atoms with Gasteiger partial charge in [0.1, 0.15) is 24.3 Å². The number of ketones is 1. The van der Waals surface area contributed by atoms with E-state index in [4.69, 9.17) is 29.8 Å². The summed E-state index contributed by atoms with van der Waals surface area (Å²) in [6, 6.07) is 29.8. The van der Waals surface area contributed by atoms with Crippen molar-refractivity contribution in [2.75, 3.05) is 42.7 Å². The molecule has 20 heteroatoms. The lowest BCUT2D eigenvalue weighted by atomic mass is 10.0. The number of nitrogens with one attached hydrogen (secondary N) is 2. The predicted molar refractivity (Wildman–Crippen MR) is 260 cm³/mol. The summed E-state index contributed by atoms with van der Waals surface area (Å²) < 4.78 is 56.9. The molecule has 2 aliphatic heterocycles. The number of Topliss-reactive ketones (excluding diaryl/α,β-unsaturated/α-hetero) is 1. The molecule has 5 N–H and O–H groups in total. The van der Waals surface area contributed by atoms with E-state index >= 15 is 0 Å². The van der Waals surface area contributed by atoms with E-state index in [-0.39, 0.29) is 34.8 Å². The monoisotopic (exact) mass is 967 g/mol. The van der Waals surface area contributed by atoms with Gasteiger partial charge in [-0.15, -0.1) is 0 Å². The number of halogens is 2. The van der Waals surface area contributed by atoms with Crippen LogP contribution in [0.25, 0.3) is 11.4 Å². The van der Waals surface area contributed by atoms with Gasteiger partial charge in [-0.1, -0.05) is 42.5 Å². The van der Waals surface area contributed by atoms with Gasteiger partial charge in [-0.05, 0) is 67.9 Å². The molecule has 0 fully saturated rings. The summed E-state index contributed by atoms with van der Waals surface area (Å²) in [6.07, 6.45) is 3.00. The Hall–Kier alpha value is -9.20. The second kappa shape index (κ2) is 21.0. The first-order chi connectivity index (χ1) is 34.2. The molecule has 18 nitrogen and oxygen atoms in total. The van der Waals surface area contributed by atoms with Gasteiger partial charge in [-0.3, -0.25) is 23.7 Å². The van der Waals surface area contributed by atoms with Crippen molar-refractivity contribution in [1.29, 1.82) is 0 Å². The van der Waals surface area contributed by atoms with Crippen molar-refractivity contribution in [2.45, 2.75) is 20.3 Å². The number of benzene rings is 4. The van der Waals surface area contributed by atoms with E-state index in [9.17, 15) is 28.0 Å². The van der Waals surface area contributed by atoms with Crippen LogP contribution in [0.15, 0.2) is 131 Å². The Balaban J connectivity index is 0.000000158. The lowest BCUT2D eigenvalue weighted by molar-refractivity contribution is 0.0694. The Morgan fingerprint density at radius 2 is 1.13 bits per heavy atom. The first-order valence-corrected chi connectivity index (χ1v) is 22.1. The molecule has 2 aliphatic rings. The molecule has 0 bridgehead atoms. The van der Waals surface area contributed by atoms with Crippen molar-refractivity contribution in [3.05, 3.63) is 182 Å². The first kappa shape index (κ1) is 48.3. The highest BCUT2D eigenvalue weighted by Gasteiger charge is 2.25. The zero-order chi connectivity index (χ0) is 50.3. The maximum Gasteiger partial charge on any atom is 0.343 e. The van der Waals surface area contributed by atoms with Crippen LogP contribution in [0.4, 0.5) is 26.1 Å². The number of aromatic nitrogens is 6. The standard InChI is InChI=1S/C26H23FN4O4.C13H12FN3O2.C12H12N2O3/c1-16-23(26(33)31(30(16)2)18-6-4-3-5-7-18)20(32)15-17-8-9-21(19(27)14-17)35-22-10-11-28-25-24(22)34-13-12-29-25;14-9-7-8(15)1-2-10(9)19-11-3-4-16-13-12(11)18-6-5-17-13;1-8-10(12(16)17)11(15)14(13(8)2)9-6-4-3-5-7-9/h3-11,14H,12-13,15H2,1-2H3,(H,28,29);1-4,7H,5-6,15H2,(H,16,17);3-7H,1-2H3,(H,16,17). The van der Waals surface area contributed by atoms with E-state index < -0.39 is 28.7 Å². The molecule has 71 heavy (non-hydrogen) atoms. The second-order valence-electron chi connectivity index (χ2n) is 16.0. The second-order valence-corrected chi connectivity index (χ2v) is 16.0. The average Bonchev–Trinajstić information content (AvgIpc) is 3.74. The number of ether oxygens (including phenoxy) is 4. The maximum absolute atomic E-state index is 14.9. The van der Waals surface area contributed by atoms with E-state index in [0.717, 1.165) is 0 Å². The van der Waals surface area contributed by atoms with Crippen LogP contribution in [0.5, 0.6) is 34.5 Å². The SMILES string of the molecule is Cc1c(C(=O)Cc2ccc(Oc3ccnc4c3OCCN4)c(F)c2)c(=O)n(-c2ccccc2)n1C.Cc1c(C(=O)O)c(=O)n(-c2ccccc2)n1C.Nc1ccc(Oc2ccnc3c2OCCN3)c(F)c1. The minimum absolute atomic E-state index is 0.00824. The number of carboxylic acid groups (broad SMARTS) is 1. The number of anilines is 3. The van der Waals surface area contributed by atoms with Gasteiger partial charge in [0, 0.05) is 62.5 Å². The minimum Gasteiger partial charge on any atom is -0.485 e. The van der Waals surface area contributed by atoms with Gasteiger partial charge in [-0.2, -0.15) is 0 Å². The van der Waals surface area contributed by atoms with Crippen molar-refractivity contribution in [1.82, 2.24) is 28.7 Å². The van der Waals surface area contributed by atoms with Crippen molar-refractivity contribution in [3.63, 3.8) is 0 Å². The lowest BCUT2D eigenvalue weighted by Crippen LogP contribution is -2.23. The number of hydrogen-bond acceptors (Lipinski definition) is 13. The van der Waals surface area contributed by atoms with E-state index in [1.807, 2.05) is 24.3 Å². The van der Waals surface area contributed by atoms with Gasteiger partial charge in [0.05, 0.1) is 30.2 Å². The molecular formula is C51H47F2N9O9. The number of hydrogen-bond donors (Lipinski definition) is 4. The third-order valence-electron chi connectivity index (χ3n) is 11.4. The van der Waals surface area contributed by atoms with E-state index in [1.165, 1.54) is 33.6 Å². The topological polar surface area (TPSA) is 221 Å². The molecule has 0 radical (unpaired) electrons. The zero-order valence-electron chi connectivity index (χ0n) is 38.8. The fourth-order valence-corrected chi connectivity index (χ4v) is 7.75. The number of aromatic carboxylic acids is 1. The van der Waals surface area contributed by atoms with Crippen LogP contribution in [-0.2, 0) is 20.5 Å². The summed E-state index contributed by atoms with van der Waals surface area (Å²) in [5.74, 6) is 0.166. The molecule has 0 spiro atoms. The molecule has 0 saturated heterocycles. The number of carboxylic acids is 1. The predicted octanol–water partition coefficient (Wildman–Crippen LogP) is 7.62. The number of carbonyl (C=O) groups is 2. The zero-order valence-corrected chi connectivity index (χ0v) is 38.8. The number of para-hydroxylation sites is 2. The molecular weight excluding hydrogens is 921 g/mol. The Morgan fingerprint density at radius 3 is 1.59 bits per heavy atom. The van der Waals surface area contributed by atoms with E-state index in [1.54, 1.807) is 110 Å². The van der Waals surface area contributed by atoms with Crippen LogP contribution < -0.4 is 46.4 Å². The summed E-state index contributed by atoms with van der Waals surface area (Å²) in [6.45, 7) is 5.60. The largest absolute Gasteiger partial charge is 0.485 e. The Morgan fingerprint density at radius 1 is 0.662 bits per heavy atom. The van der Waals surface area contributed by atoms with Crippen LogP contribution >= 0.6 is 0 Å². The van der Waals surface area contributed by atoms with Gasteiger partial charge < -0.3 is 40.4 Å². The molecule has 364 valence electrons. The third-order valence-corrected chi connectivity index (χ3v) is 11.4. The quantitative estimate of drug-likeness (QED) is 0.0765. The number of nitrogens with two attached hydrogens (primary N) is 1. The summed E-state index contributed by atoms with van der Waals surface area (Å²) in [7, 11) is 3.39. The van der Waals surface area contributed by atoms with Crippen LogP contribution in [0.3, 0.4) is 0 Å². The highest BCUT2D eigenvalue weighted by Crippen LogP contribution is 2.40. The summed E-state index contributed by atoms with van der Waals surface area (Å²) in [5, 5.41) is 15.2. The Bertz CT molecular complexity index is 3390. The fourth-order valence-electron chi connectivity index (χ4n) is 7.75. The molecule has 4 aromatic heterocycles. The van der Waals surface area contributed by atoms with Gasteiger partial charge in [0.25, 0.3) is 11.1 Å². The third kappa shape index (κ3) is 10.3. The smallest absolute Gasteiger partial charge is 0.343 e. The van der Waals surface area contributed by atoms with Gasteiger partial charge in [0.2, 0.25) is 11.5 Å². The van der Waals surface area contributed by atoms with Crippen molar-refractivity contribution in [2.24, 2.45) is 14.1 Å². The molecule has 0 aliphatic carbocycles. The molecule has 0 amide bonds. The van der Waals surface area contributed by atoms with Crippen molar-refractivity contribution in [3.8, 4) is 45.9 Å². The summed E-state index contributed by atoms with van der Waals surface area (Å²) in [5.41, 5.74) is 7.55. The summed E-state index contributed by atoms with van der Waals surface area (Å²) >= 11 is 0. The molecule has 4 aromatic carbocycles. The first-order valence-electron chi connectivity index (χ1n) is 22.1. The number of nitrogens with zero attached hydrogens (tertiary/aromatic N) is 6. The fraction of sp³-hybridized carbons (Fsp3) is 0.176. The molecule has 10 rings (SSSR count). The van der Waals surface area contributed by atoms with Crippen LogP contribution in [0.1, 0.15) is 37.7 Å². The number of rotatable bonds is 10. The molecule has 0 atom stereocenters. The van der Waals surface area contributed by atoms with Crippen LogP contribution in [0, 0.1) is 25.5 Å². The average molecular weight is 968 g/mol. The summed E-state index contributed by atoms with van der Waals surface area (Å²) in [4.78, 5) is 57.5. The highest BCUT2D eigenvalue weighted by atomic mass is 19.1. The normalized spacial score (nSPS) is 12.1. The number of carbonyl (C=O) groups excluding carboxylic acids is 1. The lowest BCUT2D eigenvalue weighted by Gasteiger charge is -2.20. The Labute approximate surface area is 404 Å². The van der Waals surface area contributed by atoms with Crippen molar-refractivity contribution < 1.29 is 42.4 Å². The number of pyridine rings is 2. The van der Waals surface area contributed by atoms with Crippen molar-refractivity contribution >= 4 is 29.1 Å². The molecule has 0 saturated carbocycles. The Kier molecular flexibility index (Phi) is 14.3. The molecule has 8 aromatic rings. The number of fused-ring (bicyclic) bond motifs is 2. The van der Waals surface area contributed by atoms with Gasteiger partial charge in [0.15, 0.2) is 52.1 Å². The minimum atomic E-state index is -1.20. The van der Waals surface area contributed by atoms with Gasteiger partial charge in [-0.25, -0.2) is 32.9 Å². The maximum atomic E-state index is 14.9. The van der Waals surface area contributed by atoms with Crippen LogP contribution in [-0.4, -0.2) is 71.9 Å². The molecule has 6 heterocycles.